The Bertz CT molecular complexity index is 532. The number of aliphatic hydroxyl groups is 1. The van der Waals surface area contributed by atoms with Gasteiger partial charge in [0.1, 0.15) is 5.75 Å². The van der Waals surface area contributed by atoms with E-state index in [2.05, 4.69) is 6.92 Å². The first-order valence-corrected chi connectivity index (χ1v) is 6.88. The van der Waals surface area contributed by atoms with E-state index in [9.17, 15) is 5.11 Å². The van der Waals surface area contributed by atoms with Gasteiger partial charge in [-0.05, 0) is 43.2 Å². The number of ether oxygens (including phenoxy) is 2. The molecule has 1 N–H and O–H groups in total. The van der Waals surface area contributed by atoms with Gasteiger partial charge in [0.05, 0.1) is 12.7 Å². The van der Waals surface area contributed by atoms with E-state index in [1.807, 2.05) is 48.5 Å². The Kier molecular flexibility index (Phi) is 5.02. The molecule has 0 saturated heterocycles. The Morgan fingerprint density at radius 2 is 1.65 bits per heavy atom. The second-order valence-corrected chi connectivity index (χ2v) is 4.64. The van der Waals surface area contributed by atoms with Crippen LogP contribution in [0.4, 0.5) is 0 Å². The van der Waals surface area contributed by atoms with Crippen molar-refractivity contribution in [2.24, 2.45) is 0 Å². The Morgan fingerprint density at radius 1 is 1.00 bits per heavy atom. The molecule has 0 amide bonds. The van der Waals surface area contributed by atoms with E-state index in [-0.39, 0.29) is 0 Å². The van der Waals surface area contributed by atoms with E-state index in [1.54, 1.807) is 6.92 Å². The summed E-state index contributed by atoms with van der Waals surface area (Å²) in [5.41, 5.74) is 0.868. The summed E-state index contributed by atoms with van der Waals surface area (Å²) >= 11 is 0. The molecule has 2 rings (SSSR count). The molecular formula is C17H20O3. The van der Waals surface area contributed by atoms with Gasteiger partial charge >= 0.3 is 0 Å². The summed E-state index contributed by atoms with van der Waals surface area (Å²) < 4.78 is 11.5. The summed E-state index contributed by atoms with van der Waals surface area (Å²) in [4.78, 5) is 0. The molecule has 0 spiro atoms. The molecule has 2 aromatic rings. The van der Waals surface area contributed by atoms with Crippen LogP contribution in [0.25, 0.3) is 0 Å². The van der Waals surface area contributed by atoms with Gasteiger partial charge in [0, 0.05) is 0 Å². The lowest BCUT2D eigenvalue weighted by molar-refractivity contribution is 0.199. The van der Waals surface area contributed by atoms with Crippen molar-refractivity contribution >= 4 is 0 Å². The van der Waals surface area contributed by atoms with E-state index in [1.165, 1.54) is 0 Å². The third kappa shape index (κ3) is 3.75. The Labute approximate surface area is 119 Å². The molecule has 20 heavy (non-hydrogen) atoms. The van der Waals surface area contributed by atoms with Crippen LogP contribution in [0.3, 0.4) is 0 Å². The monoisotopic (exact) mass is 272 g/mol. The summed E-state index contributed by atoms with van der Waals surface area (Å²) in [7, 11) is 0. The van der Waals surface area contributed by atoms with Gasteiger partial charge in [0.2, 0.25) is 0 Å². The van der Waals surface area contributed by atoms with Crippen molar-refractivity contribution in [3.8, 4) is 17.2 Å². The van der Waals surface area contributed by atoms with Gasteiger partial charge in [-0.15, -0.1) is 0 Å². The minimum absolute atomic E-state index is 0.468. The largest absolute Gasteiger partial charge is 0.490 e. The van der Waals surface area contributed by atoms with Crippen LogP contribution in [-0.4, -0.2) is 11.7 Å². The summed E-state index contributed by atoms with van der Waals surface area (Å²) in [6.45, 7) is 4.48. The smallest absolute Gasteiger partial charge is 0.169 e. The lowest BCUT2D eigenvalue weighted by Gasteiger charge is -2.12. The topological polar surface area (TPSA) is 38.7 Å². The van der Waals surface area contributed by atoms with Gasteiger partial charge in [-0.25, -0.2) is 0 Å². The second kappa shape index (κ2) is 6.96. The standard InChI is InChI=1S/C17H20O3/c1-3-12-19-16-6-4-5-7-17(16)20-15-10-8-14(9-11-15)13(2)18/h4-11,13,18H,3,12H2,1-2H3. The maximum atomic E-state index is 9.48. The fraction of sp³-hybridized carbons (Fsp3) is 0.294. The summed E-state index contributed by atoms with van der Waals surface area (Å²) in [5.74, 6) is 2.17. The molecule has 0 heterocycles. The van der Waals surface area contributed by atoms with Crippen LogP contribution in [-0.2, 0) is 0 Å². The van der Waals surface area contributed by atoms with E-state index in [0.717, 1.165) is 23.5 Å². The predicted molar refractivity (Wildman–Crippen MR) is 79.4 cm³/mol. The fourth-order valence-electron chi connectivity index (χ4n) is 1.81. The van der Waals surface area contributed by atoms with Crippen LogP contribution in [0, 0.1) is 0 Å². The minimum Gasteiger partial charge on any atom is -0.490 e. The van der Waals surface area contributed by atoms with Gasteiger partial charge in [0.15, 0.2) is 11.5 Å². The Balaban J connectivity index is 2.13. The molecule has 0 aliphatic carbocycles. The zero-order chi connectivity index (χ0) is 14.4. The maximum absolute atomic E-state index is 9.48. The summed E-state index contributed by atoms with van der Waals surface area (Å²) in [6.07, 6.45) is 0.487. The van der Waals surface area contributed by atoms with Crippen molar-refractivity contribution in [3.05, 3.63) is 54.1 Å². The van der Waals surface area contributed by atoms with Crippen molar-refractivity contribution in [3.63, 3.8) is 0 Å². The zero-order valence-corrected chi connectivity index (χ0v) is 11.9. The van der Waals surface area contributed by atoms with Crippen LogP contribution < -0.4 is 9.47 Å². The van der Waals surface area contributed by atoms with Crippen LogP contribution in [0.5, 0.6) is 17.2 Å². The van der Waals surface area contributed by atoms with Crippen molar-refractivity contribution in [1.29, 1.82) is 0 Å². The highest BCUT2D eigenvalue weighted by molar-refractivity contribution is 5.43. The highest BCUT2D eigenvalue weighted by Crippen LogP contribution is 2.31. The number of benzene rings is 2. The van der Waals surface area contributed by atoms with E-state index >= 15 is 0 Å². The number of hydrogen-bond donors (Lipinski definition) is 1. The lowest BCUT2D eigenvalue weighted by atomic mass is 10.1. The molecule has 0 saturated carbocycles. The van der Waals surface area contributed by atoms with Crippen molar-refractivity contribution in [1.82, 2.24) is 0 Å². The third-order valence-corrected chi connectivity index (χ3v) is 2.90. The molecule has 106 valence electrons. The molecule has 3 heteroatoms. The normalized spacial score (nSPS) is 11.9. The second-order valence-electron chi connectivity index (χ2n) is 4.64. The van der Waals surface area contributed by atoms with Gasteiger partial charge in [-0.2, -0.15) is 0 Å². The lowest BCUT2D eigenvalue weighted by Crippen LogP contribution is -1.97. The van der Waals surface area contributed by atoms with E-state index in [0.29, 0.717) is 12.4 Å². The molecule has 0 aliphatic rings. The molecule has 0 fully saturated rings. The number of aliphatic hydroxyl groups excluding tert-OH is 1. The molecule has 0 bridgehead atoms. The average Bonchev–Trinajstić information content (AvgIpc) is 2.47. The molecule has 0 radical (unpaired) electrons. The molecule has 0 aliphatic heterocycles. The van der Waals surface area contributed by atoms with Crippen LogP contribution in [0.1, 0.15) is 31.9 Å². The molecule has 3 nitrogen and oxygen atoms in total. The summed E-state index contributed by atoms with van der Waals surface area (Å²) in [6, 6.07) is 15.0. The first-order chi connectivity index (χ1) is 9.70. The first-order valence-electron chi connectivity index (χ1n) is 6.88. The van der Waals surface area contributed by atoms with Gasteiger partial charge in [-0.3, -0.25) is 0 Å². The first kappa shape index (κ1) is 14.4. The molecule has 1 unspecified atom stereocenters. The van der Waals surface area contributed by atoms with Crippen LogP contribution >= 0.6 is 0 Å². The Hall–Kier alpha value is -2.00. The van der Waals surface area contributed by atoms with E-state index in [4.69, 9.17) is 9.47 Å². The van der Waals surface area contributed by atoms with Gasteiger partial charge in [-0.1, -0.05) is 31.2 Å². The molecule has 0 aromatic heterocycles. The van der Waals surface area contributed by atoms with Gasteiger partial charge < -0.3 is 14.6 Å². The van der Waals surface area contributed by atoms with Crippen molar-refractivity contribution < 1.29 is 14.6 Å². The number of para-hydroxylation sites is 2. The SMILES string of the molecule is CCCOc1ccccc1Oc1ccc(C(C)O)cc1. The number of rotatable bonds is 6. The molecular weight excluding hydrogens is 252 g/mol. The predicted octanol–water partition coefficient (Wildman–Crippen LogP) is 4.32. The molecule has 1 atom stereocenters. The molecule has 2 aromatic carbocycles. The quantitative estimate of drug-likeness (QED) is 0.851. The van der Waals surface area contributed by atoms with Crippen molar-refractivity contribution in [2.75, 3.05) is 6.61 Å². The average molecular weight is 272 g/mol. The van der Waals surface area contributed by atoms with Crippen LogP contribution in [0.2, 0.25) is 0 Å². The van der Waals surface area contributed by atoms with Crippen molar-refractivity contribution in [2.45, 2.75) is 26.4 Å². The minimum atomic E-state index is -0.468. The zero-order valence-electron chi connectivity index (χ0n) is 11.9. The maximum Gasteiger partial charge on any atom is 0.169 e. The highest BCUT2D eigenvalue weighted by atomic mass is 16.5. The fourth-order valence-corrected chi connectivity index (χ4v) is 1.81. The van der Waals surface area contributed by atoms with Gasteiger partial charge in [0.25, 0.3) is 0 Å². The third-order valence-electron chi connectivity index (χ3n) is 2.90. The van der Waals surface area contributed by atoms with E-state index < -0.39 is 6.10 Å². The van der Waals surface area contributed by atoms with Crippen LogP contribution in [0.15, 0.2) is 48.5 Å². The highest BCUT2D eigenvalue weighted by Gasteiger charge is 2.06. The number of hydrogen-bond acceptors (Lipinski definition) is 3. The summed E-state index contributed by atoms with van der Waals surface area (Å²) in [5, 5.41) is 9.48. The Morgan fingerprint density at radius 3 is 2.25 bits per heavy atom.